The number of hydrogen-bond donors (Lipinski definition) is 1. The van der Waals surface area contributed by atoms with Gasteiger partial charge in [0.25, 0.3) is 0 Å². The molecule has 28 heavy (non-hydrogen) atoms. The molecule has 0 aliphatic rings. The lowest BCUT2D eigenvalue weighted by molar-refractivity contribution is -0.113. The lowest BCUT2D eigenvalue weighted by Gasteiger charge is -2.09. The van der Waals surface area contributed by atoms with Crippen LogP contribution in [0.2, 0.25) is 0 Å². The second kappa shape index (κ2) is 10.1. The highest BCUT2D eigenvalue weighted by Gasteiger charge is 2.14. The maximum Gasteiger partial charge on any atom is 0.234 e. The quantitative estimate of drug-likeness (QED) is 0.413. The van der Waals surface area contributed by atoms with Crippen LogP contribution >= 0.6 is 43.6 Å². The number of carbonyl (C=O) groups is 1. The highest BCUT2D eigenvalue weighted by Crippen LogP contribution is 2.21. The highest BCUT2D eigenvalue weighted by molar-refractivity contribution is 9.10. The van der Waals surface area contributed by atoms with E-state index in [1.54, 1.807) is 0 Å². The van der Waals surface area contributed by atoms with Crippen LogP contribution in [0.5, 0.6) is 5.75 Å². The van der Waals surface area contributed by atoms with Gasteiger partial charge in [-0.1, -0.05) is 43.6 Å². The summed E-state index contributed by atoms with van der Waals surface area (Å²) in [5.74, 6) is 1.64. The van der Waals surface area contributed by atoms with E-state index in [2.05, 4.69) is 47.4 Å². The van der Waals surface area contributed by atoms with Gasteiger partial charge in [-0.25, -0.2) is 0 Å². The Bertz CT molecular complexity index is 930. The number of hydrogen-bond acceptors (Lipinski definition) is 5. The lowest BCUT2D eigenvalue weighted by atomic mass is 10.3. The van der Waals surface area contributed by atoms with E-state index in [0.717, 1.165) is 26.2 Å². The zero-order valence-corrected chi connectivity index (χ0v) is 19.1. The Labute approximate surface area is 184 Å². The van der Waals surface area contributed by atoms with E-state index in [9.17, 15) is 4.79 Å². The van der Waals surface area contributed by atoms with Gasteiger partial charge in [0, 0.05) is 21.2 Å². The van der Waals surface area contributed by atoms with E-state index in [0.29, 0.717) is 18.3 Å². The summed E-state index contributed by atoms with van der Waals surface area (Å²) in [6, 6.07) is 15.1. The minimum Gasteiger partial charge on any atom is -0.486 e. The summed E-state index contributed by atoms with van der Waals surface area (Å²) in [5, 5.41) is 12.0. The Balaban J connectivity index is 1.56. The molecular formula is C19H18Br2N4O2S. The fraction of sp³-hybridized carbons (Fsp3) is 0.211. The van der Waals surface area contributed by atoms with E-state index in [1.807, 2.05) is 60.0 Å². The first-order valence-electron chi connectivity index (χ1n) is 8.54. The van der Waals surface area contributed by atoms with E-state index in [4.69, 9.17) is 4.74 Å². The second-order valence-corrected chi connectivity index (χ2v) is 8.50. The average molecular weight is 526 g/mol. The number of thioether (sulfide) groups is 1. The van der Waals surface area contributed by atoms with Crippen molar-refractivity contribution in [3.8, 4) is 5.75 Å². The monoisotopic (exact) mass is 524 g/mol. The van der Waals surface area contributed by atoms with Crippen LogP contribution in [0.15, 0.2) is 62.6 Å². The number of nitrogens with zero attached hydrogens (tertiary/aromatic N) is 3. The first kappa shape index (κ1) is 20.9. The third-order valence-electron chi connectivity index (χ3n) is 3.75. The maximum atomic E-state index is 12.2. The van der Waals surface area contributed by atoms with Crippen molar-refractivity contribution in [2.45, 2.75) is 25.2 Å². The number of benzene rings is 2. The van der Waals surface area contributed by atoms with Crippen LogP contribution in [-0.4, -0.2) is 26.4 Å². The fourth-order valence-corrected chi connectivity index (χ4v) is 3.74. The van der Waals surface area contributed by atoms with Crippen molar-refractivity contribution in [1.82, 2.24) is 14.8 Å². The smallest absolute Gasteiger partial charge is 0.234 e. The zero-order valence-electron chi connectivity index (χ0n) is 15.1. The number of nitrogens with one attached hydrogen (secondary N) is 1. The number of ether oxygens (including phenoxy) is 1. The minimum absolute atomic E-state index is 0.0920. The zero-order chi connectivity index (χ0) is 19.9. The number of carbonyl (C=O) groups excluding carboxylic acids is 1. The average Bonchev–Trinajstić information content (AvgIpc) is 3.09. The van der Waals surface area contributed by atoms with Crippen molar-refractivity contribution in [3.63, 3.8) is 0 Å². The van der Waals surface area contributed by atoms with E-state index in [-0.39, 0.29) is 11.7 Å². The molecule has 0 atom stereocenters. The molecule has 1 aromatic heterocycles. The highest BCUT2D eigenvalue weighted by atomic mass is 79.9. The van der Waals surface area contributed by atoms with Gasteiger partial charge in [-0.15, -0.1) is 10.2 Å². The summed E-state index contributed by atoms with van der Waals surface area (Å²) in [5.41, 5.74) is 0.759. The van der Waals surface area contributed by atoms with Crippen molar-refractivity contribution in [2.24, 2.45) is 0 Å². The molecule has 0 saturated heterocycles. The van der Waals surface area contributed by atoms with Crippen LogP contribution < -0.4 is 10.1 Å². The number of halogens is 2. The van der Waals surface area contributed by atoms with Gasteiger partial charge in [0.05, 0.1) is 5.75 Å². The van der Waals surface area contributed by atoms with Gasteiger partial charge in [0.2, 0.25) is 5.91 Å². The van der Waals surface area contributed by atoms with Gasteiger partial charge >= 0.3 is 0 Å². The predicted octanol–water partition coefficient (Wildman–Crippen LogP) is 5.13. The molecule has 9 heteroatoms. The molecule has 0 fully saturated rings. The molecule has 3 aromatic rings. The summed E-state index contributed by atoms with van der Waals surface area (Å²) in [4.78, 5) is 12.2. The molecule has 0 aliphatic heterocycles. The SMILES string of the molecule is CCn1c(COc2ccc(Br)cc2)nnc1SCC(=O)Nc1ccc(Br)cc1. The van der Waals surface area contributed by atoms with Crippen molar-refractivity contribution in [3.05, 3.63) is 63.3 Å². The molecular weight excluding hydrogens is 508 g/mol. The van der Waals surface area contributed by atoms with Crippen molar-refractivity contribution >= 4 is 55.2 Å². The number of aromatic nitrogens is 3. The minimum atomic E-state index is -0.0920. The summed E-state index contributed by atoms with van der Waals surface area (Å²) >= 11 is 8.13. The Hall–Kier alpha value is -1.84. The Morgan fingerprint density at radius 2 is 1.71 bits per heavy atom. The van der Waals surface area contributed by atoms with Crippen LogP contribution in [0.3, 0.4) is 0 Å². The van der Waals surface area contributed by atoms with Crippen LogP contribution in [0.1, 0.15) is 12.7 Å². The molecule has 0 aliphatic carbocycles. The molecule has 1 heterocycles. The van der Waals surface area contributed by atoms with Crippen molar-refractivity contribution in [1.29, 1.82) is 0 Å². The number of amides is 1. The second-order valence-electron chi connectivity index (χ2n) is 5.73. The van der Waals surface area contributed by atoms with E-state index < -0.39 is 0 Å². The molecule has 3 rings (SSSR count). The van der Waals surface area contributed by atoms with Crippen LogP contribution in [0.4, 0.5) is 5.69 Å². The fourth-order valence-electron chi connectivity index (χ4n) is 2.39. The molecule has 2 aromatic carbocycles. The summed E-state index contributed by atoms with van der Waals surface area (Å²) < 4.78 is 9.70. The van der Waals surface area contributed by atoms with Crippen LogP contribution in [0.25, 0.3) is 0 Å². The van der Waals surface area contributed by atoms with E-state index >= 15 is 0 Å². The van der Waals surface area contributed by atoms with Gasteiger partial charge in [-0.3, -0.25) is 4.79 Å². The normalized spacial score (nSPS) is 10.7. The maximum absolute atomic E-state index is 12.2. The van der Waals surface area contributed by atoms with Crippen LogP contribution in [0, 0.1) is 0 Å². The summed E-state index contributed by atoms with van der Waals surface area (Å²) in [6.45, 7) is 3.02. The van der Waals surface area contributed by atoms with Crippen molar-refractivity contribution in [2.75, 3.05) is 11.1 Å². The molecule has 0 unspecified atom stereocenters. The lowest BCUT2D eigenvalue weighted by Crippen LogP contribution is -2.14. The van der Waals surface area contributed by atoms with Gasteiger partial charge in [0.15, 0.2) is 11.0 Å². The Kier molecular flexibility index (Phi) is 7.52. The molecule has 6 nitrogen and oxygen atoms in total. The van der Waals surface area contributed by atoms with Gasteiger partial charge < -0.3 is 14.6 Å². The van der Waals surface area contributed by atoms with Gasteiger partial charge in [-0.2, -0.15) is 0 Å². The largest absolute Gasteiger partial charge is 0.486 e. The van der Waals surface area contributed by atoms with Crippen molar-refractivity contribution < 1.29 is 9.53 Å². The molecule has 1 N–H and O–H groups in total. The standard InChI is InChI=1S/C19H18Br2N4O2S/c1-2-25-17(11-27-16-9-5-14(21)6-10-16)23-24-19(25)28-12-18(26)22-15-7-3-13(20)4-8-15/h3-10H,2,11-12H2,1H3,(H,22,26). The molecule has 1 amide bonds. The molecule has 146 valence electrons. The number of anilines is 1. The third-order valence-corrected chi connectivity index (χ3v) is 5.78. The number of rotatable bonds is 8. The topological polar surface area (TPSA) is 69.0 Å². The molecule has 0 bridgehead atoms. The first-order chi connectivity index (χ1) is 13.5. The third kappa shape index (κ3) is 5.83. The molecule has 0 spiro atoms. The summed E-state index contributed by atoms with van der Waals surface area (Å²) in [7, 11) is 0. The first-order valence-corrected chi connectivity index (χ1v) is 11.1. The Morgan fingerprint density at radius 1 is 1.07 bits per heavy atom. The molecule has 0 saturated carbocycles. The van der Waals surface area contributed by atoms with Crippen LogP contribution in [-0.2, 0) is 17.9 Å². The Morgan fingerprint density at radius 3 is 2.36 bits per heavy atom. The van der Waals surface area contributed by atoms with E-state index in [1.165, 1.54) is 11.8 Å². The van der Waals surface area contributed by atoms with Gasteiger partial charge in [-0.05, 0) is 55.5 Å². The molecule has 0 radical (unpaired) electrons. The summed E-state index contributed by atoms with van der Waals surface area (Å²) in [6.07, 6.45) is 0. The van der Waals surface area contributed by atoms with Gasteiger partial charge in [0.1, 0.15) is 12.4 Å². The predicted molar refractivity (Wildman–Crippen MR) is 118 cm³/mol.